The number of para-hydroxylation sites is 2. The van der Waals surface area contributed by atoms with Crippen LogP contribution in [0.2, 0.25) is 0 Å². The Morgan fingerprint density at radius 2 is 1.61 bits per heavy atom. The second-order valence-corrected chi connectivity index (χ2v) is 5.49. The van der Waals surface area contributed by atoms with E-state index in [1.54, 1.807) is 0 Å². The van der Waals surface area contributed by atoms with E-state index in [-0.39, 0.29) is 0 Å². The number of carboxylic acid groups (broad SMARTS) is 1. The number of hydrogen-bond acceptors (Lipinski definition) is 3. The van der Waals surface area contributed by atoms with Crippen molar-refractivity contribution in [2.45, 2.75) is 25.7 Å². The third-order valence-electron chi connectivity index (χ3n) is 3.85. The second kappa shape index (κ2) is 6.57. The zero-order valence-electron chi connectivity index (χ0n) is 12.9. The number of carboxylic acids is 1. The number of carbonyl (C=O) groups is 1. The molecule has 1 heterocycles. The summed E-state index contributed by atoms with van der Waals surface area (Å²) in [6.07, 6.45) is 1.32. The highest BCUT2D eigenvalue weighted by Crippen LogP contribution is 2.31. The molecule has 0 saturated heterocycles. The quantitative estimate of drug-likeness (QED) is 0.764. The van der Waals surface area contributed by atoms with E-state index in [0.29, 0.717) is 17.8 Å². The summed E-state index contributed by atoms with van der Waals surface area (Å²) >= 11 is 0. The lowest BCUT2D eigenvalue weighted by Gasteiger charge is -2.16. The average Bonchev–Trinajstić information content (AvgIpc) is 2.59. The number of nitrogens with zero attached hydrogens (tertiary/aromatic N) is 2. The van der Waals surface area contributed by atoms with Crippen LogP contribution >= 0.6 is 0 Å². The van der Waals surface area contributed by atoms with E-state index in [4.69, 9.17) is 4.98 Å². The molecule has 0 aliphatic rings. The molecule has 0 amide bonds. The third kappa shape index (κ3) is 3.06. The van der Waals surface area contributed by atoms with E-state index in [1.165, 1.54) is 0 Å². The Labute approximate surface area is 134 Å². The lowest BCUT2D eigenvalue weighted by atomic mass is 9.95. The van der Waals surface area contributed by atoms with Crippen LogP contribution in [0.25, 0.3) is 22.3 Å². The smallest absolute Gasteiger partial charge is 0.312 e. The van der Waals surface area contributed by atoms with Gasteiger partial charge in [-0.1, -0.05) is 55.8 Å². The Morgan fingerprint density at radius 3 is 2.22 bits per heavy atom. The highest BCUT2D eigenvalue weighted by molar-refractivity contribution is 5.83. The van der Waals surface area contributed by atoms with Crippen molar-refractivity contribution in [2.24, 2.45) is 0 Å². The molecule has 4 nitrogen and oxygen atoms in total. The van der Waals surface area contributed by atoms with Gasteiger partial charge in [-0.15, -0.1) is 0 Å². The SMILES string of the molecule is CCCC(C(=O)O)c1nc2ccccc2nc1-c1ccccc1. The van der Waals surface area contributed by atoms with Crippen molar-refractivity contribution in [1.82, 2.24) is 9.97 Å². The van der Waals surface area contributed by atoms with Crippen LogP contribution in [0.1, 0.15) is 31.4 Å². The molecular weight excluding hydrogens is 288 g/mol. The number of aromatic nitrogens is 2. The first-order valence-electron chi connectivity index (χ1n) is 7.75. The molecule has 116 valence electrons. The molecule has 1 atom stereocenters. The van der Waals surface area contributed by atoms with Gasteiger partial charge in [0.25, 0.3) is 0 Å². The maximum absolute atomic E-state index is 11.7. The van der Waals surface area contributed by atoms with Crippen LogP contribution in [0.3, 0.4) is 0 Å². The number of rotatable bonds is 5. The first kappa shape index (κ1) is 15.2. The van der Waals surface area contributed by atoms with Crippen LogP contribution in [0, 0.1) is 0 Å². The normalized spacial score (nSPS) is 12.2. The van der Waals surface area contributed by atoms with Crippen LogP contribution in [-0.4, -0.2) is 21.0 Å². The van der Waals surface area contributed by atoms with Crippen LogP contribution in [-0.2, 0) is 4.79 Å². The Balaban J connectivity index is 2.26. The minimum atomic E-state index is -0.853. The third-order valence-corrected chi connectivity index (χ3v) is 3.85. The minimum absolute atomic E-state index is 0.544. The van der Waals surface area contributed by atoms with Crippen molar-refractivity contribution in [3.05, 3.63) is 60.3 Å². The van der Waals surface area contributed by atoms with Gasteiger partial charge in [-0.3, -0.25) is 4.79 Å². The van der Waals surface area contributed by atoms with Gasteiger partial charge in [-0.25, -0.2) is 9.97 Å². The Bertz CT molecular complexity index is 831. The molecule has 0 spiro atoms. The van der Waals surface area contributed by atoms with Crippen molar-refractivity contribution in [3.8, 4) is 11.3 Å². The zero-order chi connectivity index (χ0) is 16.2. The van der Waals surface area contributed by atoms with Crippen LogP contribution in [0.4, 0.5) is 0 Å². The topological polar surface area (TPSA) is 63.1 Å². The standard InChI is InChI=1S/C19H18N2O2/c1-2-8-14(19(22)23)18-17(13-9-4-3-5-10-13)20-15-11-6-7-12-16(15)21-18/h3-7,9-12,14H,2,8H2,1H3,(H,22,23). The van der Waals surface area contributed by atoms with E-state index < -0.39 is 11.9 Å². The predicted molar refractivity (Wildman–Crippen MR) is 90.3 cm³/mol. The van der Waals surface area contributed by atoms with Crippen molar-refractivity contribution < 1.29 is 9.90 Å². The monoisotopic (exact) mass is 306 g/mol. The Kier molecular flexibility index (Phi) is 4.33. The molecule has 3 rings (SSSR count). The summed E-state index contributed by atoms with van der Waals surface area (Å²) in [5, 5.41) is 9.63. The van der Waals surface area contributed by atoms with Gasteiger partial charge in [0.15, 0.2) is 0 Å². The van der Waals surface area contributed by atoms with Gasteiger partial charge >= 0.3 is 5.97 Å². The number of aliphatic carboxylic acids is 1. The van der Waals surface area contributed by atoms with Crippen LogP contribution < -0.4 is 0 Å². The van der Waals surface area contributed by atoms with Crippen molar-refractivity contribution in [3.63, 3.8) is 0 Å². The van der Waals surface area contributed by atoms with Gasteiger partial charge in [-0.2, -0.15) is 0 Å². The van der Waals surface area contributed by atoms with Gasteiger partial charge in [-0.05, 0) is 18.6 Å². The van der Waals surface area contributed by atoms with E-state index in [9.17, 15) is 9.90 Å². The first-order chi connectivity index (χ1) is 11.2. The van der Waals surface area contributed by atoms with Gasteiger partial charge in [0.1, 0.15) is 5.92 Å². The second-order valence-electron chi connectivity index (χ2n) is 5.49. The fourth-order valence-electron chi connectivity index (χ4n) is 2.73. The van der Waals surface area contributed by atoms with Crippen molar-refractivity contribution in [1.29, 1.82) is 0 Å². The maximum atomic E-state index is 11.7. The van der Waals surface area contributed by atoms with Crippen molar-refractivity contribution in [2.75, 3.05) is 0 Å². The van der Waals surface area contributed by atoms with Gasteiger partial charge in [0.05, 0.1) is 22.4 Å². The fourth-order valence-corrected chi connectivity index (χ4v) is 2.73. The summed E-state index contributed by atoms with van der Waals surface area (Å²) < 4.78 is 0. The maximum Gasteiger partial charge on any atom is 0.312 e. The van der Waals surface area contributed by atoms with E-state index >= 15 is 0 Å². The Hall–Kier alpha value is -2.75. The molecule has 0 radical (unpaired) electrons. The zero-order valence-corrected chi connectivity index (χ0v) is 12.9. The first-order valence-corrected chi connectivity index (χ1v) is 7.75. The minimum Gasteiger partial charge on any atom is -0.481 e. The summed E-state index contributed by atoms with van der Waals surface area (Å²) in [5.74, 6) is -1.50. The molecule has 0 aliphatic heterocycles. The van der Waals surface area contributed by atoms with E-state index in [2.05, 4.69) is 4.98 Å². The van der Waals surface area contributed by atoms with Gasteiger partial charge in [0.2, 0.25) is 0 Å². The number of benzene rings is 2. The fraction of sp³-hybridized carbons (Fsp3) is 0.211. The summed E-state index contributed by atoms with van der Waals surface area (Å²) in [4.78, 5) is 21.1. The van der Waals surface area contributed by atoms with Gasteiger partial charge < -0.3 is 5.11 Å². The summed E-state index contributed by atoms with van der Waals surface area (Å²) in [6.45, 7) is 1.98. The highest BCUT2D eigenvalue weighted by Gasteiger charge is 2.25. The molecule has 0 bridgehead atoms. The molecule has 0 fully saturated rings. The van der Waals surface area contributed by atoms with Crippen LogP contribution in [0.5, 0.6) is 0 Å². The van der Waals surface area contributed by atoms with E-state index in [0.717, 1.165) is 23.0 Å². The molecule has 3 aromatic rings. The van der Waals surface area contributed by atoms with Crippen LogP contribution in [0.15, 0.2) is 54.6 Å². The summed E-state index contributed by atoms with van der Waals surface area (Å²) in [5.41, 5.74) is 3.60. The molecule has 1 aromatic heterocycles. The molecule has 2 aromatic carbocycles. The lowest BCUT2D eigenvalue weighted by molar-refractivity contribution is -0.139. The van der Waals surface area contributed by atoms with Crippen molar-refractivity contribution >= 4 is 17.0 Å². The molecule has 4 heteroatoms. The lowest BCUT2D eigenvalue weighted by Crippen LogP contribution is -2.15. The number of fused-ring (bicyclic) bond motifs is 1. The number of hydrogen-bond donors (Lipinski definition) is 1. The molecule has 0 aliphatic carbocycles. The largest absolute Gasteiger partial charge is 0.481 e. The predicted octanol–water partition coefficient (Wildman–Crippen LogP) is 4.27. The Morgan fingerprint density at radius 1 is 1.00 bits per heavy atom. The summed E-state index contributed by atoms with van der Waals surface area (Å²) in [7, 11) is 0. The average molecular weight is 306 g/mol. The molecule has 0 saturated carbocycles. The molecule has 1 N–H and O–H groups in total. The molecule has 1 unspecified atom stereocenters. The summed E-state index contributed by atoms with van der Waals surface area (Å²) in [6, 6.07) is 17.2. The molecule has 23 heavy (non-hydrogen) atoms. The van der Waals surface area contributed by atoms with Gasteiger partial charge in [0, 0.05) is 5.56 Å². The van der Waals surface area contributed by atoms with E-state index in [1.807, 2.05) is 61.5 Å². The molecular formula is C19H18N2O2. The highest BCUT2D eigenvalue weighted by atomic mass is 16.4.